The molecule has 78 valence electrons. The second-order valence-electron chi connectivity index (χ2n) is 3.14. The molecular formula is C11H12N2OS. The summed E-state index contributed by atoms with van der Waals surface area (Å²) in [4.78, 5) is 4.20. The fraction of sp³-hybridized carbons (Fsp3) is 0.182. The van der Waals surface area contributed by atoms with Crippen LogP contribution in [0.2, 0.25) is 0 Å². The summed E-state index contributed by atoms with van der Waals surface area (Å²) >= 11 is 1.51. The third-order valence-electron chi connectivity index (χ3n) is 2.00. The highest BCUT2D eigenvalue weighted by Crippen LogP contribution is 2.24. The Morgan fingerprint density at radius 2 is 2.40 bits per heavy atom. The lowest BCUT2D eigenvalue weighted by molar-refractivity contribution is 0.234. The number of hydrogen-bond donors (Lipinski definition) is 1. The summed E-state index contributed by atoms with van der Waals surface area (Å²) in [5, 5.41) is 0.614. The Morgan fingerprint density at radius 1 is 1.53 bits per heavy atom. The third-order valence-corrected chi connectivity index (χ3v) is 2.85. The van der Waals surface area contributed by atoms with Crippen molar-refractivity contribution in [3.05, 3.63) is 29.8 Å². The van der Waals surface area contributed by atoms with E-state index in [1.807, 2.05) is 24.3 Å². The molecule has 0 saturated heterocycles. The monoisotopic (exact) mass is 220 g/mol. The minimum atomic E-state index is 0.614. The van der Waals surface area contributed by atoms with Gasteiger partial charge in [-0.05, 0) is 17.7 Å². The first-order chi connectivity index (χ1) is 7.29. The van der Waals surface area contributed by atoms with E-state index in [4.69, 9.17) is 10.5 Å². The molecule has 1 aromatic carbocycles. The van der Waals surface area contributed by atoms with E-state index in [0.29, 0.717) is 11.7 Å². The first-order valence-electron chi connectivity index (χ1n) is 4.61. The van der Waals surface area contributed by atoms with Crippen LogP contribution in [-0.4, -0.2) is 18.7 Å². The second-order valence-corrected chi connectivity index (χ2v) is 4.20. The molecule has 0 aliphatic carbocycles. The first kappa shape index (κ1) is 10.1. The summed E-state index contributed by atoms with van der Waals surface area (Å²) in [6, 6.07) is 6.08. The van der Waals surface area contributed by atoms with Crippen molar-refractivity contribution < 1.29 is 4.74 Å². The van der Waals surface area contributed by atoms with Crippen LogP contribution in [0.5, 0.6) is 0 Å². The molecule has 0 amide bonds. The van der Waals surface area contributed by atoms with E-state index in [9.17, 15) is 0 Å². The molecule has 3 nitrogen and oxygen atoms in total. The van der Waals surface area contributed by atoms with Gasteiger partial charge in [-0.25, -0.2) is 4.98 Å². The van der Waals surface area contributed by atoms with E-state index in [-0.39, 0.29) is 0 Å². The molecule has 0 aliphatic heterocycles. The molecule has 0 aliphatic rings. The molecule has 2 N–H and O–H groups in total. The number of nitrogens with two attached hydrogens (primary N) is 1. The van der Waals surface area contributed by atoms with Crippen LogP contribution in [0.25, 0.3) is 16.3 Å². The lowest BCUT2D eigenvalue weighted by Gasteiger charge is -1.93. The zero-order valence-electron chi connectivity index (χ0n) is 8.43. The van der Waals surface area contributed by atoms with Crippen molar-refractivity contribution in [3.63, 3.8) is 0 Å². The van der Waals surface area contributed by atoms with Crippen LogP contribution in [0.4, 0.5) is 5.13 Å². The molecule has 2 aromatic rings. The topological polar surface area (TPSA) is 48.1 Å². The van der Waals surface area contributed by atoms with Crippen LogP contribution in [0.15, 0.2) is 24.3 Å². The lowest BCUT2D eigenvalue weighted by atomic mass is 10.2. The highest BCUT2D eigenvalue weighted by atomic mass is 32.1. The predicted octanol–water partition coefficient (Wildman–Crippen LogP) is 2.54. The zero-order chi connectivity index (χ0) is 10.7. The van der Waals surface area contributed by atoms with Gasteiger partial charge in [-0.15, -0.1) is 0 Å². The van der Waals surface area contributed by atoms with Gasteiger partial charge < -0.3 is 10.5 Å². The Labute approximate surface area is 92.2 Å². The van der Waals surface area contributed by atoms with E-state index < -0.39 is 0 Å². The number of rotatable bonds is 3. The summed E-state index contributed by atoms with van der Waals surface area (Å²) < 4.78 is 6.06. The van der Waals surface area contributed by atoms with Crippen molar-refractivity contribution in [1.82, 2.24) is 4.98 Å². The average Bonchev–Trinajstić information content (AvgIpc) is 2.57. The molecule has 2 rings (SSSR count). The maximum absolute atomic E-state index is 5.63. The molecule has 0 radical (unpaired) electrons. The van der Waals surface area contributed by atoms with Crippen molar-refractivity contribution in [2.45, 2.75) is 0 Å². The van der Waals surface area contributed by atoms with Crippen molar-refractivity contribution in [1.29, 1.82) is 0 Å². The van der Waals surface area contributed by atoms with E-state index in [2.05, 4.69) is 11.1 Å². The van der Waals surface area contributed by atoms with Crippen molar-refractivity contribution >= 4 is 32.8 Å². The number of ether oxygens (including phenoxy) is 1. The van der Waals surface area contributed by atoms with Crippen LogP contribution in [0.1, 0.15) is 5.56 Å². The minimum Gasteiger partial charge on any atom is -0.381 e. The van der Waals surface area contributed by atoms with E-state index in [0.717, 1.165) is 15.8 Å². The van der Waals surface area contributed by atoms with Crippen LogP contribution in [0.3, 0.4) is 0 Å². The Balaban J connectivity index is 2.30. The molecule has 0 fully saturated rings. The summed E-state index contributed by atoms with van der Waals surface area (Å²) in [5.41, 5.74) is 7.73. The van der Waals surface area contributed by atoms with Gasteiger partial charge in [0.25, 0.3) is 0 Å². The van der Waals surface area contributed by atoms with Gasteiger partial charge in [-0.3, -0.25) is 0 Å². The molecule has 0 unspecified atom stereocenters. The predicted molar refractivity (Wildman–Crippen MR) is 64.9 cm³/mol. The minimum absolute atomic E-state index is 0.614. The number of thiazole rings is 1. The molecule has 1 aromatic heterocycles. The van der Waals surface area contributed by atoms with Gasteiger partial charge >= 0.3 is 0 Å². The van der Waals surface area contributed by atoms with Crippen LogP contribution in [0, 0.1) is 0 Å². The van der Waals surface area contributed by atoms with Gasteiger partial charge in [0.15, 0.2) is 5.13 Å². The van der Waals surface area contributed by atoms with Crippen LogP contribution < -0.4 is 5.73 Å². The smallest absolute Gasteiger partial charge is 0.181 e. The summed E-state index contributed by atoms with van der Waals surface area (Å²) in [7, 11) is 1.68. The Hall–Kier alpha value is -1.39. The fourth-order valence-electron chi connectivity index (χ4n) is 1.34. The number of aromatic nitrogens is 1. The van der Waals surface area contributed by atoms with Crippen LogP contribution in [-0.2, 0) is 4.74 Å². The van der Waals surface area contributed by atoms with Gasteiger partial charge in [0.2, 0.25) is 0 Å². The SMILES string of the molecule is COC/C=C/c1ccc2nc(N)sc2c1. The third kappa shape index (κ3) is 2.34. The van der Waals surface area contributed by atoms with Crippen molar-refractivity contribution in [2.24, 2.45) is 0 Å². The van der Waals surface area contributed by atoms with Gasteiger partial charge in [0, 0.05) is 7.11 Å². The van der Waals surface area contributed by atoms with E-state index >= 15 is 0 Å². The molecule has 0 spiro atoms. The normalized spacial score (nSPS) is 11.5. The van der Waals surface area contributed by atoms with E-state index in [1.165, 1.54) is 11.3 Å². The van der Waals surface area contributed by atoms with Gasteiger partial charge in [0.1, 0.15) is 0 Å². The molecule has 4 heteroatoms. The number of nitrogen functional groups attached to an aromatic ring is 1. The first-order valence-corrected chi connectivity index (χ1v) is 5.43. The number of benzene rings is 1. The van der Waals surface area contributed by atoms with Crippen molar-refractivity contribution in [2.75, 3.05) is 19.5 Å². The molecule has 0 atom stereocenters. The molecule has 0 bridgehead atoms. The quantitative estimate of drug-likeness (QED) is 0.864. The Morgan fingerprint density at radius 3 is 3.20 bits per heavy atom. The number of nitrogens with zero attached hydrogens (tertiary/aromatic N) is 1. The summed E-state index contributed by atoms with van der Waals surface area (Å²) in [5.74, 6) is 0. The fourth-order valence-corrected chi connectivity index (χ4v) is 2.13. The number of fused-ring (bicyclic) bond motifs is 1. The Kier molecular flexibility index (Phi) is 2.99. The standard InChI is InChI=1S/C11H12N2OS/c1-14-6-2-3-8-4-5-9-10(7-8)15-11(12)13-9/h2-5,7H,6H2,1H3,(H2,12,13)/b3-2+. The van der Waals surface area contributed by atoms with E-state index in [1.54, 1.807) is 7.11 Å². The van der Waals surface area contributed by atoms with Crippen molar-refractivity contribution in [3.8, 4) is 0 Å². The van der Waals surface area contributed by atoms with Gasteiger partial charge in [-0.1, -0.05) is 29.6 Å². The Bertz CT molecular complexity index is 490. The highest BCUT2D eigenvalue weighted by Gasteiger charge is 1.99. The van der Waals surface area contributed by atoms with Gasteiger partial charge in [0.05, 0.1) is 16.8 Å². The average molecular weight is 220 g/mol. The summed E-state index contributed by atoms with van der Waals surface area (Å²) in [6.45, 7) is 0.628. The summed E-state index contributed by atoms with van der Waals surface area (Å²) in [6.07, 6.45) is 4.00. The number of methoxy groups -OCH3 is 1. The number of anilines is 1. The lowest BCUT2D eigenvalue weighted by Crippen LogP contribution is -1.80. The molecule has 1 heterocycles. The highest BCUT2D eigenvalue weighted by molar-refractivity contribution is 7.22. The molecule has 0 saturated carbocycles. The van der Waals surface area contributed by atoms with Crippen LogP contribution >= 0.6 is 11.3 Å². The zero-order valence-corrected chi connectivity index (χ0v) is 9.25. The second kappa shape index (κ2) is 4.42. The van der Waals surface area contributed by atoms with Gasteiger partial charge in [-0.2, -0.15) is 0 Å². The maximum Gasteiger partial charge on any atom is 0.181 e. The maximum atomic E-state index is 5.63. The number of hydrogen-bond acceptors (Lipinski definition) is 4. The largest absolute Gasteiger partial charge is 0.381 e. The molecule has 15 heavy (non-hydrogen) atoms. The molecular weight excluding hydrogens is 208 g/mol.